The number of carbonyl (C=O) groups excluding carboxylic acids is 1. The molecule has 2 N–H and O–H groups in total. The van der Waals surface area contributed by atoms with Crippen molar-refractivity contribution < 1.29 is 14.7 Å². The van der Waals surface area contributed by atoms with Gasteiger partial charge in [0, 0.05) is 11.3 Å². The molecule has 1 aromatic heterocycles. The lowest BCUT2D eigenvalue weighted by Gasteiger charge is -2.20. The highest BCUT2D eigenvalue weighted by atomic mass is 35.5. The number of hydrogen-bond acceptors (Lipinski definition) is 3. The molecule has 0 spiro atoms. The van der Waals surface area contributed by atoms with Crippen LogP contribution in [0, 0.1) is 5.92 Å². The number of aromatic nitrogens is 1. The fourth-order valence-corrected chi connectivity index (χ4v) is 2.07. The lowest BCUT2D eigenvalue weighted by molar-refractivity contribution is -0.140. The molecule has 0 radical (unpaired) electrons. The smallest absolute Gasteiger partial charge is 0.326 e. The zero-order valence-corrected chi connectivity index (χ0v) is 13.4. The Labute approximate surface area is 129 Å². The van der Waals surface area contributed by atoms with Gasteiger partial charge in [-0.05, 0) is 24.0 Å². The summed E-state index contributed by atoms with van der Waals surface area (Å²) in [5.74, 6) is -1.52. The highest BCUT2D eigenvalue weighted by molar-refractivity contribution is 6.29. The first-order valence-electron chi connectivity index (χ1n) is 6.97. The van der Waals surface area contributed by atoms with Crippen molar-refractivity contribution in [2.75, 3.05) is 0 Å². The molecule has 2 atom stereocenters. The molecule has 1 aromatic rings. The van der Waals surface area contributed by atoms with Gasteiger partial charge in [-0.2, -0.15) is 0 Å². The Morgan fingerprint density at radius 3 is 2.43 bits per heavy atom. The van der Waals surface area contributed by atoms with E-state index in [1.807, 2.05) is 20.8 Å². The predicted octanol–water partition coefficient (Wildman–Crippen LogP) is 3.09. The second-order valence-electron chi connectivity index (χ2n) is 5.43. The number of nitrogens with zero attached hydrogens (tertiary/aromatic N) is 1. The van der Waals surface area contributed by atoms with Gasteiger partial charge in [0.1, 0.15) is 11.2 Å². The molecule has 21 heavy (non-hydrogen) atoms. The molecule has 1 amide bonds. The molecule has 0 saturated carbocycles. The van der Waals surface area contributed by atoms with Crippen molar-refractivity contribution in [3.05, 3.63) is 28.5 Å². The summed E-state index contributed by atoms with van der Waals surface area (Å²) in [7, 11) is 0. The molecule has 0 aliphatic carbocycles. The van der Waals surface area contributed by atoms with Crippen LogP contribution in [0.4, 0.5) is 0 Å². The summed E-state index contributed by atoms with van der Waals surface area (Å²) < 4.78 is 0. The Morgan fingerprint density at radius 1 is 1.33 bits per heavy atom. The molecule has 5 nitrogen and oxygen atoms in total. The average Bonchev–Trinajstić information content (AvgIpc) is 2.42. The summed E-state index contributed by atoms with van der Waals surface area (Å²) in [5, 5.41) is 12.0. The predicted molar refractivity (Wildman–Crippen MR) is 81.7 cm³/mol. The summed E-state index contributed by atoms with van der Waals surface area (Å²) in [6, 6.07) is 2.16. The van der Waals surface area contributed by atoms with Gasteiger partial charge in [-0.25, -0.2) is 9.78 Å². The summed E-state index contributed by atoms with van der Waals surface area (Å²) in [6.07, 6.45) is 0.658. The molecule has 116 valence electrons. The van der Waals surface area contributed by atoms with Gasteiger partial charge in [-0.1, -0.05) is 45.7 Å². The van der Waals surface area contributed by atoms with Gasteiger partial charge >= 0.3 is 5.97 Å². The van der Waals surface area contributed by atoms with Crippen LogP contribution < -0.4 is 5.32 Å². The minimum Gasteiger partial charge on any atom is -0.480 e. The highest BCUT2D eigenvalue weighted by Crippen LogP contribution is 2.18. The highest BCUT2D eigenvalue weighted by Gasteiger charge is 2.26. The first-order chi connectivity index (χ1) is 9.76. The number of halogens is 1. The number of aliphatic carboxylic acids is 1. The molecule has 6 heteroatoms. The number of carboxylic acids is 1. The van der Waals surface area contributed by atoms with Crippen molar-refractivity contribution in [1.82, 2.24) is 10.3 Å². The van der Waals surface area contributed by atoms with Crippen LogP contribution in [0.3, 0.4) is 0 Å². The van der Waals surface area contributed by atoms with Gasteiger partial charge in [-0.3, -0.25) is 4.79 Å². The third-order valence-corrected chi connectivity index (χ3v) is 3.63. The van der Waals surface area contributed by atoms with Gasteiger partial charge in [0.2, 0.25) is 0 Å². The molecule has 1 heterocycles. The van der Waals surface area contributed by atoms with Crippen LogP contribution in [0.1, 0.15) is 56.1 Å². The minimum absolute atomic E-state index is 0.125. The van der Waals surface area contributed by atoms with Crippen molar-refractivity contribution in [2.24, 2.45) is 5.92 Å². The number of amides is 1. The maximum absolute atomic E-state index is 12.2. The van der Waals surface area contributed by atoms with E-state index in [2.05, 4.69) is 10.3 Å². The first kappa shape index (κ1) is 17.4. The fourth-order valence-electron chi connectivity index (χ4n) is 1.85. The number of rotatable bonds is 6. The third-order valence-electron chi connectivity index (χ3n) is 3.43. The van der Waals surface area contributed by atoms with Crippen molar-refractivity contribution in [3.63, 3.8) is 0 Å². The number of pyridine rings is 1. The lowest BCUT2D eigenvalue weighted by atomic mass is 9.98. The zero-order chi connectivity index (χ0) is 16.2. The van der Waals surface area contributed by atoms with Gasteiger partial charge in [-0.15, -0.1) is 0 Å². The summed E-state index contributed by atoms with van der Waals surface area (Å²) in [5.41, 5.74) is 1.02. The lowest BCUT2D eigenvalue weighted by Crippen LogP contribution is -2.45. The van der Waals surface area contributed by atoms with Gasteiger partial charge in [0.15, 0.2) is 0 Å². The van der Waals surface area contributed by atoms with Crippen LogP contribution >= 0.6 is 11.6 Å². The molecule has 1 unspecified atom stereocenters. The quantitative estimate of drug-likeness (QED) is 0.791. The van der Waals surface area contributed by atoms with Crippen molar-refractivity contribution in [3.8, 4) is 0 Å². The average molecular weight is 313 g/mol. The largest absolute Gasteiger partial charge is 0.480 e. The Kier molecular flexibility index (Phi) is 6.15. The van der Waals surface area contributed by atoms with Crippen LogP contribution in [0.15, 0.2) is 12.1 Å². The van der Waals surface area contributed by atoms with Crippen LogP contribution in [0.5, 0.6) is 0 Å². The fraction of sp³-hybridized carbons (Fsp3) is 0.533. The second kappa shape index (κ2) is 7.41. The molecular weight excluding hydrogens is 292 g/mol. The van der Waals surface area contributed by atoms with E-state index in [9.17, 15) is 14.7 Å². The summed E-state index contributed by atoms with van der Waals surface area (Å²) >= 11 is 5.92. The Balaban J connectivity index is 3.00. The van der Waals surface area contributed by atoms with E-state index in [4.69, 9.17) is 11.6 Å². The van der Waals surface area contributed by atoms with Crippen molar-refractivity contribution in [2.45, 2.75) is 46.1 Å². The Morgan fingerprint density at radius 2 is 1.95 bits per heavy atom. The van der Waals surface area contributed by atoms with E-state index in [0.29, 0.717) is 17.7 Å². The van der Waals surface area contributed by atoms with Crippen LogP contribution in [0.2, 0.25) is 5.15 Å². The third kappa shape index (κ3) is 4.70. The van der Waals surface area contributed by atoms with Gasteiger partial charge < -0.3 is 10.4 Å². The maximum atomic E-state index is 12.2. The Hall–Kier alpha value is -1.62. The minimum atomic E-state index is -1.04. The van der Waals surface area contributed by atoms with E-state index < -0.39 is 17.9 Å². The molecule has 1 rings (SSSR count). The number of nitrogens with one attached hydrogen (secondary N) is 1. The van der Waals surface area contributed by atoms with Crippen LogP contribution in [0.25, 0.3) is 0 Å². The maximum Gasteiger partial charge on any atom is 0.326 e. The molecule has 0 aliphatic rings. The second-order valence-corrected chi connectivity index (χ2v) is 5.82. The Bertz CT molecular complexity index is 532. The standard InChI is InChI=1S/C15H21ClN2O3/c1-5-9(4)13(15(20)21)18-14(19)10-6-11(8(2)3)17-12(16)7-10/h6-9,13H,5H2,1-4H3,(H,18,19)(H,20,21)/t9?,13-/m0/s1. The number of carboxylic acid groups (broad SMARTS) is 1. The van der Waals surface area contributed by atoms with Crippen molar-refractivity contribution >= 4 is 23.5 Å². The van der Waals surface area contributed by atoms with E-state index >= 15 is 0 Å². The van der Waals surface area contributed by atoms with Gasteiger partial charge in [0.05, 0.1) is 0 Å². The normalized spacial score (nSPS) is 13.8. The van der Waals surface area contributed by atoms with Crippen LogP contribution in [-0.4, -0.2) is 28.0 Å². The van der Waals surface area contributed by atoms with E-state index in [-0.39, 0.29) is 17.0 Å². The van der Waals surface area contributed by atoms with E-state index in [0.717, 1.165) is 0 Å². The molecular formula is C15H21ClN2O3. The first-order valence-corrected chi connectivity index (χ1v) is 7.35. The van der Waals surface area contributed by atoms with Gasteiger partial charge in [0.25, 0.3) is 5.91 Å². The van der Waals surface area contributed by atoms with E-state index in [1.165, 1.54) is 6.07 Å². The molecule has 0 aromatic carbocycles. The monoisotopic (exact) mass is 312 g/mol. The molecule has 0 aliphatic heterocycles. The van der Waals surface area contributed by atoms with E-state index in [1.54, 1.807) is 13.0 Å². The summed E-state index contributed by atoms with van der Waals surface area (Å²) in [6.45, 7) is 7.56. The SMILES string of the molecule is CCC(C)[C@H](NC(=O)c1cc(Cl)nc(C(C)C)c1)C(=O)O. The molecule has 0 bridgehead atoms. The summed E-state index contributed by atoms with van der Waals surface area (Å²) in [4.78, 5) is 27.7. The molecule has 0 fully saturated rings. The zero-order valence-electron chi connectivity index (χ0n) is 12.7. The van der Waals surface area contributed by atoms with Crippen LogP contribution in [-0.2, 0) is 4.79 Å². The molecule has 0 saturated heterocycles. The van der Waals surface area contributed by atoms with Crippen molar-refractivity contribution in [1.29, 1.82) is 0 Å². The topological polar surface area (TPSA) is 79.3 Å². The number of hydrogen-bond donors (Lipinski definition) is 2. The number of carbonyl (C=O) groups is 2.